The van der Waals surface area contributed by atoms with Crippen LogP contribution in [0.3, 0.4) is 0 Å². The number of rotatable bonds is 2. The van der Waals surface area contributed by atoms with Gasteiger partial charge in [-0.3, -0.25) is 0 Å². The highest BCUT2D eigenvalue weighted by atomic mass is 79.9. The van der Waals surface area contributed by atoms with E-state index >= 15 is 0 Å². The molecule has 0 saturated heterocycles. The summed E-state index contributed by atoms with van der Waals surface area (Å²) < 4.78 is 19.5. The van der Waals surface area contributed by atoms with E-state index in [9.17, 15) is 4.39 Å². The van der Waals surface area contributed by atoms with Gasteiger partial charge in [0.1, 0.15) is 0 Å². The van der Waals surface area contributed by atoms with Crippen molar-refractivity contribution in [2.45, 2.75) is 6.92 Å². The Kier molecular flexibility index (Phi) is 3.19. The van der Waals surface area contributed by atoms with E-state index in [1.165, 1.54) is 6.07 Å². The van der Waals surface area contributed by atoms with E-state index in [-0.39, 0.29) is 5.75 Å². The smallest absolute Gasteiger partial charge is 0.219 e. The third kappa shape index (κ3) is 2.58. The second-order valence-corrected chi connectivity index (χ2v) is 4.21. The zero-order chi connectivity index (χ0) is 11.5. The van der Waals surface area contributed by atoms with Crippen LogP contribution in [0.15, 0.2) is 40.9 Å². The van der Waals surface area contributed by atoms with Gasteiger partial charge in [-0.1, -0.05) is 22.0 Å². The first-order valence-electron chi connectivity index (χ1n) is 4.72. The van der Waals surface area contributed by atoms with Crippen molar-refractivity contribution in [2.75, 3.05) is 0 Å². The number of halogens is 2. The monoisotopic (exact) mass is 281 g/mol. The molecule has 0 aliphatic carbocycles. The predicted molar refractivity (Wildman–Crippen MR) is 63.1 cm³/mol. The van der Waals surface area contributed by atoms with Crippen LogP contribution in [0, 0.1) is 12.7 Å². The zero-order valence-electron chi connectivity index (χ0n) is 8.58. The van der Waals surface area contributed by atoms with E-state index in [2.05, 4.69) is 20.9 Å². The van der Waals surface area contributed by atoms with Crippen molar-refractivity contribution < 1.29 is 9.13 Å². The lowest BCUT2D eigenvalue weighted by molar-refractivity contribution is 0.426. The van der Waals surface area contributed by atoms with Gasteiger partial charge >= 0.3 is 0 Å². The number of benzene rings is 1. The maximum atomic E-state index is 13.5. The fraction of sp³-hybridized carbons (Fsp3) is 0.0833. The maximum absolute atomic E-state index is 13.5. The first kappa shape index (κ1) is 11.1. The summed E-state index contributed by atoms with van der Waals surface area (Å²) in [6, 6.07) is 9.98. The van der Waals surface area contributed by atoms with Crippen LogP contribution in [0.4, 0.5) is 4.39 Å². The summed E-state index contributed by atoms with van der Waals surface area (Å²) in [4.78, 5) is 4.13. The fourth-order valence-electron chi connectivity index (χ4n) is 1.25. The molecule has 82 valence electrons. The SMILES string of the molecule is Cc1cccc(Oc2ccc(Br)cc2F)n1. The molecule has 16 heavy (non-hydrogen) atoms. The minimum absolute atomic E-state index is 0.168. The molecule has 1 heterocycles. The lowest BCUT2D eigenvalue weighted by Gasteiger charge is -2.06. The third-order valence-electron chi connectivity index (χ3n) is 1.97. The van der Waals surface area contributed by atoms with E-state index < -0.39 is 5.82 Å². The molecule has 2 rings (SSSR count). The molecule has 4 heteroatoms. The van der Waals surface area contributed by atoms with Crippen LogP contribution >= 0.6 is 15.9 Å². The Labute approximate surface area is 101 Å². The van der Waals surface area contributed by atoms with Crippen molar-refractivity contribution >= 4 is 15.9 Å². The minimum atomic E-state index is -0.419. The van der Waals surface area contributed by atoms with E-state index in [1.807, 2.05) is 19.1 Å². The van der Waals surface area contributed by atoms with Crippen molar-refractivity contribution in [1.82, 2.24) is 4.98 Å². The Morgan fingerprint density at radius 1 is 1.25 bits per heavy atom. The number of nitrogens with zero attached hydrogens (tertiary/aromatic N) is 1. The number of hydrogen-bond acceptors (Lipinski definition) is 2. The maximum Gasteiger partial charge on any atom is 0.219 e. The van der Waals surface area contributed by atoms with Gasteiger partial charge in [0.25, 0.3) is 0 Å². The second kappa shape index (κ2) is 4.61. The molecule has 2 aromatic rings. The summed E-state index contributed by atoms with van der Waals surface area (Å²) in [6.07, 6.45) is 0. The molecule has 0 amide bonds. The van der Waals surface area contributed by atoms with Crippen molar-refractivity contribution in [3.63, 3.8) is 0 Å². The van der Waals surface area contributed by atoms with Crippen LogP contribution in [0.25, 0.3) is 0 Å². The molecule has 1 aromatic heterocycles. The summed E-state index contributed by atoms with van der Waals surface area (Å²) in [7, 11) is 0. The molecule has 0 fully saturated rings. The van der Waals surface area contributed by atoms with Crippen molar-refractivity contribution in [2.24, 2.45) is 0 Å². The van der Waals surface area contributed by atoms with Crippen molar-refractivity contribution in [3.05, 3.63) is 52.4 Å². The Morgan fingerprint density at radius 3 is 2.75 bits per heavy atom. The number of aromatic nitrogens is 1. The van der Waals surface area contributed by atoms with Crippen LogP contribution in [-0.4, -0.2) is 4.98 Å². The number of aryl methyl sites for hydroxylation is 1. The largest absolute Gasteiger partial charge is 0.436 e. The third-order valence-corrected chi connectivity index (χ3v) is 2.46. The van der Waals surface area contributed by atoms with Crippen LogP contribution in [0.1, 0.15) is 5.69 Å². The van der Waals surface area contributed by atoms with Crippen molar-refractivity contribution in [3.8, 4) is 11.6 Å². The van der Waals surface area contributed by atoms with Crippen LogP contribution in [-0.2, 0) is 0 Å². The van der Waals surface area contributed by atoms with E-state index in [0.717, 1.165) is 5.69 Å². The topological polar surface area (TPSA) is 22.1 Å². The average Bonchev–Trinajstić information content (AvgIpc) is 2.22. The van der Waals surface area contributed by atoms with Crippen LogP contribution in [0.2, 0.25) is 0 Å². The first-order valence-corrected chi connectivity index (χ1v) is 5.51. The molecule has 0 radical (unpaired) electrons. The summed E-state index contributed by atoms with van der Waals surface area (Å²) in [5.41, 5.74) is 0.829. The Balaban J connectivity index is 2.27. The highest BCUT2D eigenvalue weighted by Crippen LogP contribution is 2.25. The van der Waals surface area contributed by atoms with Crippen molar-refractivity contribution in [1.29, 1.82) is 0 Å². The standard InChI is InChI=1S/C12H9BrFNO/c1-8-3-2-4-12(15-8)16-11-6-5-9(13)7-10(11)14/h2-7H,1H3. The van der Waals surface area contributed by atoms with Gasteiger partial charge in [-0.15, -0.1) is 0 Å². The molecule has 0 saturated carbocycles. The van der Waals surface area contributed by atoms with Gasteiger partial charge in [-0.25, -0.2) is 9.37 Å². The number of ether oxygens (including phenoxy) is 1. The Morgan fingerprint density at radius 2 is 2.06 bits per heavy atom. The quantitative estimate of drug-likeness (QED) is 0.827. The summed E-state index contributed by atoms with van der Waals surface area (Å²) in [5, 5.41) is 0. The molecule has 0 N–H and O–H groups in total. The molecule has 0 aliphatic rings. The summed E-state index contributed by atoms with van der Waals surface area (Å²) in [6.45, 7) is 1.85. The molecule has 1 aromatic carbocycles. The summed E-state index contributed by atoms with van der Waals surface area (Å²) >= 11 is 3.18. The molecular weight excluding hydrogens is 273 g/mol. The lowest BCUT2D eigenvalue weighted by atomic mass is 10.3. The fourth-order valence-corrected chi connectivity index (χ4v) is 1.58. The Bertz CT molecular complexity index is 516. The molecule has 0 aliphatic heterocycles. The highest BCUT2D eigenvalue weighted by Gasteiger charge is 2.05. The Hall–Kier alpha value is -1.42. The minimum Gasteiger partial charge on any atom is -0.436 e. The van der Waals surface area contributed by atoms with Crippen LogP contribution in [0.5, 0.6) is 11.6 Å². The average molecular weight is 282 g/mol. The van der Waals surface area contributed by atoms with Gasteiger partial charge in [0.05, 0.1) is 0 Å². The highest BCUT2D eigenvalue weighted by molar-refractivity contribution is 9.10. The van der Waals surface area contributed by atoms with Gasteiger partial charge < -0.3 is 4.74 Å². The predicted octanol–water partition coefficient (Wildman–Crippen LogP) is 4.08. The lowest BCUT2D eigenvalue weighted by Crippen LogP contribution is -1.91. The number of pyridine rings is 1. The van der Waals surface area contributed by atoms with Gasteiger partial charge in [-0.05, 0) is 31.2 Å². The van der Waals surface area contributed by atoms with Gasteiger partial charge in [0.2, 0.25) is 5.88 Å². The van der Waals surface area contributed by atoms with Gasteiger partial charge in [0.15, 0.2) is 11.6 Å². The molecule has 0 unspecified atom stereocenters. The normalized spacial score (nSPS) is 10.2. The number of hydrogen-bond donors (Lipinski definition) is 0. The van der Waals surface area contributed by atoms with E-state index in [0.29, 0.717) is 10.4 Å². The molecule has 0 atom stereocenters. The van der Waals surface area contributed by atoms with E-state index in [1.54, 1.807) is 18.2 Å². The van der Waals surface area contributed by atoms with Crippen LogP contribution < -0.4 is 4.74 Å². The molecule has 0 bridgehead atoms. The molecule has 2 nitrogen and oxygen atoms in total. The van der Waals surface area contributed by atoms with Gasteiger partial charge in [-0.2, -0.15) is 0 Å². The van der Waals surface area contributed by atoms with Gasteiger partial charge in [0, 0.05) is 16.2 Å². The zero-order valence-corrected chi connectivity index (χ0v) is 10.2. The molecule has 0 spiro atoms. The second-order valence-electron chi connectivity index (χ2n) is 3.29. The summed E-state index contributed by atoms with van der Waals surface area (Å²) in [5.74, 6) is 0.139. The first-order chi connectivity index (χ1) is 7.65. The molecular formula is C12H9BrFNO. The van der Waals surface area contributed by atoms with E-state index in [4.69, 9.17) is 4.74 Å².